The van der Waals surface area contributed by atoms with Crippen molar-refractivity contribution in [3.05, 3.63) is 29.8 Å². The van der Waals surface area contributed by atoms with Crippen LogP contribution in [0.1, 0.15) is 12.0 Å². The number of hydrogen-bond donors (Lipinski definition) is 0. The maximum atomic E-state index is 11.9. The Labute approximate surface area is 150 Å². The van der Waals surface area contributed by atoms with Crippen LogP contribution in [0, 0.1) is 6.92 Å². The van der Waals surface area contributed by atoms with Crippen molar-refractivity contribution < 1.29 is 14.3 Å². The van der Waals surface area contributed by atoms with E-state index in [0.717, 1.165) is 24.7 Å². The highest BCUT2D eigenvalue weighted by molar-refractivity contribution is 8.00. The number of aromatic nitrogens is 3. The maximum Gasteiger partial charge on any atom is 0.319 e. The van der Waals surface area contributed by atoms with Crippen molar-refractivity contribution in [1.82, 2.24) is 14.8 Å². The summed E-state index contributed by atoms with van der Waals surface area (Å²) in [6, 6.07) is 8.24. The van der Waals surface area contributed by atoms with Crippen LogP contribution < -0.4 is 4.90 Å². The minimum atomic E-state index is -0.217. The van der Waals surface area contributed by atoms with E-state index in [-0.39, 0.29) is 11.2 Å². The Balaban J connectivity index is 1.71. The first-order chi connectivity index (χ1) is 12.2. The summed E-state index contributed by atoms with van der Waals surface area (Å²) >= 11 is 1.43. The Morgan fingerprint density at radius 2 is 1.88 bits per heavy atom. The number of thioether (sulfide) groups is 1. The van der Waals surface area contributed by atoms with Gasteiger partial charge < -0.3 is 14.4 Å². The predicted molar refractivity (Wildman–Crippen MR) is 94.3 cm³/mol. The fourth-order valence-corrected chi connectivity index (χ4v) is 3.95. The molecule has 0 amide bonds. The summed E-state index contributed by atoms with van der Waals surface area (Å²) in [6.45, 7) is 5.45. The van der Waals surface area contributed by atoms with Gasteiger partial charge in [-0.2, -0.15) is 0 Å². The van der Waals surface area contributed by atoms with E-state index in [2.05, 4.69) is 46.3 Å². The lowest BCUT2D eigenvalue weighted by Gasteiger charge is -2.28. The van der Waals surface area contributed by atoms with Crippen molar-refractivity contribution >= 4 is 23.7 Å². The fraction of sp³-hybridized carbons (Fsp3) is 0.471. The number of nitrogens with zero attached hydrogens (tertiary/aromatic N) is 4. The molecule has 4 rings (SSSR count). The van der Waals surface area contributed by atoms with Gasteiger partial charge >= 0.3 is 5.97 Å². The summed E-state index contributed by atoms with van der Waals surface area (Å²) in [5.41, 5.74) is 2.18. The molecule has 8 heteroatoms. The molecule has 3 heterocycles. The van der Waals surface area contributed by atoms with E-state index in [9.17, 15) is 4.79 Å². The minimum Gasteiger partial charge on any atom is -0.465 e. The average Bonchev–Trinajstić information content (AvgIpc) is 3.24. The van der Waals surface area contributed by atoms with Crippen LogP contribution in [-0.2, 0) is 14.3 Å². The number of benzene rings is 1. The van der Waals surface area contributed by atoms with Crippen LogP contribution in [0.3, 0.4) is 0 Å². The Morgan fingerprint density at radius 1 is 1.12 bits per heavy atom. The zero-order valence-electron chi connectivity index (χ0n) is 14.1. The molecular formula is C17H20N4O3S. The lowest BCUT2D eigenvalue weighted by atomic mass is 10.2. The molecule has 25 heavy (non-hydrogen) atoms. The number of morpholine rings is 1. The van der Waals surface area contributed by atoms with E-state index in [1.54, 1.807) is 0 Å². The highest BCUT2D eigenvalue weighted by Gasteiger charge is 2.31. The molecule has 0 aliphatic carbocycles. The van der Waals surface area contributed by atoms with Crippen LogP contribution in [0.15, 0.2) is 29.4 Å². The van der Waals surface area contributed by atoms with Crippen LogP contribution >= 0.6 is 11.8 Å². The van der Waals surface area contributed by atoms with Gasteiger partial charge in [0.15, 0.2) is 5.16 Å². The largest absolute Gasteiger partial charge is 0.465 e. The number of hydrogen-bond acceptors (Lipinski definition) is 7. The Bertz CT molecular complexity index is 756. The van der Waals surface area contributed by atoms with Crippen LogP contribution in [0.5, 0.6) is 0 Å². The maximum absolute atomic E-state index is 11.9. The zero-order chi connectivity index (χ0) is 17.2. The number of rotatable bonds is 4. The van der Waals surface area contributed by atoms with Gasteiger partial charge in [-0.25, -0.2) is 0 Å². The normalized spacial score (nSPS) is 20.8. The van der Waals surface area contributed by atoms with Crippen molar-refractivity contribution in [3.63, 3.8) is 0 Å². The van der Waals surface area contributed by atoms with Crippen molar-refractivity contribution in [3.8, 4) is 5.69 Å². The van der Waals surface area contributed by atoms with Gasteiger partial charge in [-0.15, -0.1) is 10.2 Å². The summed E-state index contributed by atoms with van der Waals surface area (Å²) in [6.07, 6.45) is 0.706. The van der Waals surface area contributed by atoms with Gasteiger partial charge in [-0.05, 0) is 19.1 Å². The molecule has 0 radical (unpaired) electrons. The van der Waals surface area contributed by atoms with E-state index in [0.29, 0.717) is 31.4 Å². The molecule has 0 bridgehead atoms. The van der Waals surface area contributed by atoms with Crippen molar-refractivity contribution in [2.45, 2.75) is 23.8 Å². The van der Waals surface area contributed by atoms with Crippen molar-refractivity contribution in [2.75, 3.05) is 37.8 Å². The van der Waals surface area contributed by atoms with E-state index < -0.39 is 0 Å². The first-order valence-corrected chi connectivity index (χ1v) is 9.29. The molecule has 2 fully saturated rings. The monoisotopic (exact) mass is 360 g/mol. The van der Waals surface area contributed by atoms with Crippen molar-refractivity contribution in [2.24, 2.45) is 0 Å². The van der Waals surface area contributed by atoms with Gasteiger partial charge in [-0.1, -0.05) is 29.5 Å². The van der Waals surface area contributed by atoms with Crippen LogP contribution in [0.4, 0.5) is 5.95 Å². The molecule has 0 saturated carbocycles. The number of anilines is 1. The summed E-state index contributed by atoms with van der Waals surface area (Å²) in [4.78, 5) is 14.0. The van der Waals surface area contributed by atoms with Crippen LogP contribution in [0.25, 0.3) is 5.69 Å². The molecule has 2 aromatic rings. The molecule has 1 aromatic heterocycles. The summed E-state index contributed by atoms with van der Waals surface area (Å²) < 4.78 is 12.6. The second kappa shape index (κ2) is 7.05. The lowest BCUT2D eigenvalue weighted by Crippen LogP contribution is -2.37. The van der Waals surface area contributed by atoms with E-state index >= 15 is 0 Å². The van der Waals surface area contributed by atoms with Gasteiger partial charge in [0, 0.05) is 19.5 Å². The predicted octanol–water partition coefficient (Wildman–Crippen LogP) is 1.82. The van der Waals surface area contributed by atoms with Gasteiger partial charge in [0.05, 0.1) is 25.5 Å². The molecule has 0 spiro atoms. The molecule has 7 nitrogen and oxygen atoms in total. The van der Waals surface area contributed by atoms with E-state index in [1.807, 2.05) is 4.57 Å². The Hall–Kier alpha value is -2.06. The molecule has 1 unspecified atom stereocenters. The number of carbonyl (C=O) groups is 1. The molecule has 1 atom stereocenters. The first-order valence-electron chi connectivity index (χ1n) is 8.41. The highest BCUT2D eigenvalue weighted by atomic mass is 32.2. The summed E-state index contributed by atoms with van der Waals surface area (Å²) in [5.74, 6) is 0.623. The quantitative estimate of drug-likeness (QED) is 0.770. The third-order valence-corrected chi connectivity index (χ3v) is 5.53. The van der Waals surface area contributed by atoms with Gasteiger partial charge in [-0.3, -0.25) is 9.36 Å². The standard InChI is InChI=1S/C17H20N4O3S/c1-12-2-4-13(5-3-12)21-16(20-7-10-23-11-8-20)18-19-17(21)25-14-6-9-24-15(14)22/h2-5,14H,6-11H2,1H3. The van der Waals surface area contributed by atoms with E-state index in [1.165, 1.54) is 17.3 Å². The SMILES string of the molecule is Cc1ccc(-n2c(SC3CCOC3=O)nnc2N2CCOCC2)cc1. The van der Waals surface area contributed by atoms with Gasteiger partial charge in [0.1, 0.15) is 5.25 Å². The Kier molecular flexibility index (Phi) is 4.63. The first kappa shape index (κ1) is 16.4. The number of esters is 1. The molecule has 2 saturated heterocycles. The van der Waals surface area contributed by atoms with Crippen molar-refractivity contribution in [1.29, 1.82) is 0 Å². The fourth-order valence-electron chi connectivity index (χ4n) is 2.94. The number of carbonyl (C=O) groups excluding carboxylic acids is 1. The molecule has 132 valence electrons. The second-order valence-corrected chi connectivity index (χ2v) is 7.29. The van der Waals surface area contributed by atoms with Crippen LogP contribution in [-0.4, -0.2) is 58.9 Å². The molecular weight excluding hydrogens is 340 g/mol. The molecule has 2 aliphatic rings. The third-order valence-electron chi connectivity index (χ3n) is 4.34. The highest BCUT2D eigenvalue weighted by Crippen LogP contribution is 2.33. The molecule has 2 aliphatic heterocycles. The molecule has 1 aromatic carbocycles. The van der Waals surface area contributed by atoms with Crippen LogP contribution in [0.2, 0.25) is 0 Å². The topological polar surface area (TPSA) is 69.5 Å². The van der Waals surface area contributed by atoms with E-state index in [4.69, 9.17) is 9.47 Å². The summed E-state index contributed by atoms with van der Waals surface area (Å²) in [5, 5.41) is 9.29. The minimum absolute atomic E-state index is 0.170. The van der Waals surface area contributed by atoms with Gasteiger partial charge in [0.2, 0.25) is 5.95 Å². The lowest BCUT2D eigenvalue weighted by molar-refractivity contribution is -0.137. The second-order valence-electron chi connectivity index (χ2n) is 6.12. The summed E-state index contributed by atoms with van der Waals surface area (Å²) in [7, 11) is 0. The average molecular weight is 360 g/mol. The number of aryl methyl sites for hydroxylation is 1. The smallest absolute Gasteiger partial charge is 0.319 e. The zero-order valence-corrected chi connectivity index (χ0v) is 14.9. The third kappa shape index (κ3) is 3.36. The Morgan fingerprint density at radius 3 is 2.56 bits per heavy atom. The number of ether oxygens (including phenoxy) is 2. The number of cyclic esters (lactones) is 1. The molecule has 0 N–H and O–H groups in total. The van der Waals surface area contributed by atoms with Gasteiger partial charge in [0.25, 0.3) is 0 Å².